The van der Waals surface area contributed by atoms with Crippen molar-refractivity contribution in [2.75, 3.05) is 18.4 Å². The minimum atomic E-state index is -3.56. The fraction of sp³-hybridized carbons (Fsp3) is 0.429. The van der Waals surface area contributed by atoms with Gasteiger partial charge in [-0.3, -0.25) is 4.79 Å². The molecular formula is C21H25N3O3S2. The Morgan fingerprint density at radius 2 is 1.93 bits per heavy atom. The third-order valence-electron chi connectivity index (χ3n) is 5.31. The number of thiophene rings is 1. The van der Waals surface area contributed by atoms with E-state index < -0.39 is 10.0 Å². The Balaban J connectivity index is 1.82. The van der Waals surface area contributed by atoms with Gasteiger partial charge in [-0.15, -0.1) is 11.3 Å². The molecule has 2 aromatic rings. The van der Waals surface area contributed by atoms with Crippen LogP contribution >= 0.6 is 11.3 Å². The van der Waals surface area contributed by atoms with Gasteiger partial charge in [-0.1, -0.05) is 20.8 Å². The van der Waals surface area contributed by atoms with E-state index in [0.29, 0.717) is 35.1 Å². The van der Waals surface area contributed by atoms with Crippen LogP contribution < -0.4 is 5.32 Å². The highest BCUT2D eigenvalue weighted by Crippen LogP contribution is 2.39. The lowest BCUT2D eigenvalue weighted by Gasteiger charge is -2.18. The topological polar surface area (TPSA) is 90.3 Å². The van der Waals surface area contributed by atoms with Gasteiger partial charge in [0.15, 0.2) is 0 Å². The standard InChI is InChI=1S/C21H25N3O3S2/c1-4-24(5-2)29(26,27)16-9-7-15(8-10-16)20(25)23-21-18(13-22)17-12-14(3)6-11-19(17)28-21/h7-10,14H,4-6,11-12H2,1-3H3,(H,23,25). The van der Waals surface area contributed by atoms with Crippen LogP contribution in [-0.2, 0) is 22.9 Å². The van der Waals surface area contributed by atoms with E-state index in [0.717, 1.165) is 24.8 Å². The number of rotatable bonds is 6. The van der Waals surface area contributed by atoms with Crippen LogP contribution in [0.5, 0.6) is 0 Å². The number of nitrogens with one attached hydrogen (secondary N) is 1. The third-order valence-corrected chi connectivity index (χ3v) is 8.58. The fourth-order valence-electron chi connectivity index (χ4n) is 3.63. The average Bonchev–Trinajstić information content (AvgIpc) is 3.04. The van der Waals surface area contributed by atoms with Crippen molar-refractivity contribution in [1.29, 1.82) is 5.26 Å². The summed E-state index contributed by atoms with van der Waals surface area (Å²) in [5.74, 6) is 0.188. The normalized spacial score (nSPS) is 16.3. The number of anilines is 1. The van der Waals surface area contributed by atoms with Crippen molar-refractivity contribution in [3.8, 4) is 6.07 Å². The second kappa shape index (κ2) is 8.66. The van der Waals surface area contributed by atoms with Crippen LogP contribution in [0.4, 0.5) is 5.00 Å². The molecule has 0 radical (unpaired) electrons. The quantitative estimate of drug-likeness (QED) is 0.748. The number of carbonyl (C=O) groups excluding carboxylic acids is 1. The molecule has 0 aliphatic heterocycles. The molecule has 1 N–H and O–H groups in total. The van der Waals surface area contributed by atoms with Crippen molar-refractivity contribution < 1.29 is 13.2 Å². The lowest BCUT2D eigenvalue weighted by molar-refractivity contribution is 0.102. The molecule has 0 bridgehead atoms. The van der Waals surface area contributed by atoms with Gasteiger partial charge in [0, 0.05) is 23.5 Å². The highest BCUT2D eigenvalue weighted by atomic mass is 32.2. The summed E-state index contributed by atoms with van der Waals surface area (Å²) in [5, 5.41) is 13.0. The summed E-state index contributed by atoms with van der Waals surface area (Å²) in [6.45, 7) is 6.53. The first kappa shape index (κ1) is 21.5. The summed E-state index contributed by atoms with van der Waals surface area (Å²) < 4.78 is 26.5. The lowest BCUT2D eigenvalue weighted by atomic mass is 9.88. The molecule has 1 heterocycles. The molecule has 1 aromatic carbocycles. The molecule has 0 saturated carbocycles. The van der Waals surface area contributed by atoms with Gasteiger partial charge in [0.25, 0.3) is 5.91 Å². The summed E-state index contributed by atoms with van der Waals surface area (Å²) in [6.07, 6.45) is 2.89. The Hall–Kier alpha value is -2.21. The highest BCUT2D eigenvalue weighted by molar-refractivity contribution is 7.89. The first-order valence-electron chi connectivity index (χ1n) is 9.78. The molecule has 0 fully saturated rings. The summed E-state index contributed by atoms with van der Waals surface area (Å²) in [5.41, 5.74) is 1.98. The van der Waals surface area contributed by atoms with E-state index in [-0.39, 0.29) is 10.8 Å². The monoisotopic (exact) mass is 431 g/mol. The number of fused-ring (bicyclic) bond motifs is 1. The van der Waals surface area contributed by atoms with Crippen molar-refractivity contribution >= 4 is 32.3 Å². The van der Waals surface area contributed by atoms with Crippen LogP contribution in [0.1, 0.15) is 53.6 Å². The molecule has 154 valence electrons. The third kappa shape index (κ3) is 4.22. The van der Waals surface area contributed by atoms with Crippen molar-refractivity contribution in [3.63, 3.8) is 0 Å². The predicted octanol–water partition coefficient (Wildman–Crippen LogP) is 4.03. The van der Waals surface area contributed by atoms with Gasteiger partial charge in [0.05, 0.1) is 10.5 Å². The number of carbonyl (C=O) groups is 1. The molecule has 8 heteroatoms. The Morgan fingerprint density at radius 1 is 1.28 bits per heavy atom. The van der Waals surface area contributed by atoms with Crippen LogP contribution in [0.25, 0.3) is 0 Å². The first-order chi connectivity index (χ1) is 13.8. The number of hydrogen-bond donors (Lipinski definition) is 1. The summed E-state index contributed by atoms with van der Waals surface area (Å²) in [4.78, 5) is 14.0. The fourth-order valence-corrected chi connectivity index (χ4v) is 6.28. The Morgan fingerprint density at radius 3 is 2.52 bits per heavy atom. The molecule has 6 nitrogen and oxygen atoms in total. The number of hydrogen-bond acceptors (Lipinski definition) is 5. The molecule has 0 saturated heterocycles. The summed E-state index contributed by atoms with van der Waals surface area (Å²) in [6, 6.07) is 8.17. The van der Waals surface area contributed by atoms with Gasteiger partial charge in [-0.2, -0.15) is 9.57 Å². The average molecular weight is 432 g/mol. The molecule has 1 amide bonds. The second-order valence-electron chi connectivity index (χ2n) is 7.24. The highest BCUT2D eigenvalue weighted by Gasteiger charge is 2.25. The number of nitrogens with zero attached hydrogens (tertiary/aromatic N) is 2. The Labute approximate surface area is 176 Å². The maximum Gasteiger partial charge on any atom is 0.256 e. The molecular weight excluding hydrogens is 406 g/mol. The zero-order valence-corrected chi connectivity index (χ0v) is 18.5. The van der Waals surface area contributed by atoms with Crippen molar-refractivity contribution in [1.82, 2.24) is 4.31 Å². The SMILES string of the molecule is CCN(CC)S(=O)(=O)c1ccc(C(=O)Nc2sc3c(c2C#N)CC(C)CC3)cc1. The molecule has 3 rings (SSSR count). The second-order valence-corrected chi connectivity index (χ2v) is 10.3. The van der Waals surface area contributed by atoms with Crippen LogP contribution in [-0.4, -0.2) is 31.7 Å². The number of aryl methyl sites for hydroxylation is 1. The van der Waals surface area contributed by atoms with E-state index in [2.05, 4.69) is 18.3 Å². The zero-order valence-electron chi connectivity index (χ0n) is 16.9. The van der Waals surface area contributed by atoms with E-state index in [1.807, 2.05) is 0 Å². The van der Waals surface area contributed by atoms with Crippen molar-refractivity contribution in [3.05, 3.63) is 45.8 Å². The van der Waals surface area contributed by atoms with E-state index >= 15 is 0 Å². The van der Waals surface area contributed by atoms with Gasteiger partial charge >= 0.3 is 0 Å². The van der Waals surface area contributed by atoms with Crippen molar-refractivity contribution in [2.24, 2.45) is 5.92 Å². The molecule has 1 aromatic heterocycles. The van der Waals surface area contributed by atoms with Gasteiger partial charge in [0.2, 0.25) is 10.0 Å². The zero-order chi connectivity index (χ0) is 21.2. The minimum absolute atomic E-state index is 0.163. The number of nitriles is 1. The van der Waals surface area contributed by atoms with Crippen molar-refractivity contribution in [2.45, 2.75) is 44.9 Å². The molecule has 1 aliphatic rings. The van der Waals surface area contributed by atoms with E-state index in [9.17, 15) is 18.5 Å². The predicted molar refractivity (Wildman–Crippen MR) is 115 cm³/mol. The lowest BCUT2D eigenvalue weighted by Crippen LogP contribution is -2.30. The van der Waals surface area contributed by atoms with Crippen LogP contribution in [0.3, 0.4) is 0 Å². The van der Waals surface area contributed by atoms with Gasteiger partial charge in [-0.25, -0.2) is 8.42 Å². The van der Waals surface area contributed by atoms with E-state index in [1.54, 1.807) is 13.8 Å². The molecule has 0 spiro atoms. The largest absolute Gasteiger partial charge is 0.312 e. The van der Waals surface area contributed by atoms with E-state index in [1.165, 1.54) is 44.8 Å². The van der Waals surface area contributed by atoms with Gasteiger partial charge in [0.1, 0.15) is 11.1 Å². The number of benzene rings is 1. The smallest absolute Gasteiger partial charge is 0.256 e. The van der Waals surface area contributed by atoms with Gasteiger partial charge in [-0.05, 0) is 55.0 Å². The first-order valence-corrected chi connectivity index (χ1v) is 12.0. The van der Waals surface area contributed by atoms with Crippen LogP contribution in [0, 0.1) is 17.2 Å². The molecule has 1 unspecified atom stereocenters. The molecule has 1 atom stereocenters. The Kier molecular flexibility index (Phi) is 6.42. The summed E-state index contributed by atoms with van der Waals surface area (Å²) >= 11 is 1.47. The van der Waals surface area contributed by atoms with Crippen LogP contribution in [0.15, 0.2) is 29.2 Å². The van der Waals surface area contributed by atoms with Gasteiger partial charge < -0.3 is 5.32 Å². The van der Waals surface area contributed by atoms with Crippen LogP contribution in [0.2, 0.25) is 0 Å². The molecule has 29 heavy (non-hydrogen) atoms. The summed E-state index contributed by atoms with van der Waals surface area (Å²) in [7, 11) is -3.56. The Bertz CT molecular complexity index is 1050. The number of amides is 1. The maximum absolute atomic E-state index is 12.7. The van der Waals surface area contributed by atoms with E-state index in [4.69, 9.17) is 0 Å². The minimum Gasteiger partial charge on any atom is -0.312 e. The maximum atomic E-state index is 12.7. The molecule has 1 aliphatic carbocycles. The number of sulfonamides is 1.